The first-order chi connectivity index (χ1) is 13.3. The molecule has 0 unspecified atom stereocenters. The SMILES string of the molecule is CCc1cnc(CCNC(=NC)NCCc2cnn(-c3ccccc3)c2)s1.I. The molecule has 0 bridgehead atoms. The number of aromatic nitrogens is 3. The van der Waals surface area contributed by atoms with Crippen LogP contribution in [0.25, 0.3) is 5.69 Å². The number of guanidine groups is 1. The lowest BCUT2D eigenvalue weighted by Crippen LogP contribution is -2.39. The average Bonchev–Trinajstić information content (AvgIpc) is 3.37. The van der Waals surface area contributed by atoms with E-state index in [0.29, 0.717) is 0 Å². The summed E-state index contributed by atoms with van der Waals surface area (Å²) >= 11 is 1.79. The highest BCUT2D eigenvalue weighted by molar-refractivity contribution is 14.0. The van der Waals surface area contributed by atoms with Crippen molar-refractivity contribution < 1.29 is 0 Å². The molecule has 0 fully saturated rings. The highest BCUT2D eigenvalue weighted by Gasteiger charge is 2.04. The Morgan fingerprint density at radius 1 is 1.11 bits per heavy atom. The van der Waals surface area contributed by atoms with Gasteiger partial charge in [-0.05, 0) is 30.5 Å². The lowest BCUT2D eigenvalue weighted by molar-refractivity contribution is 0.782. The van der Waals surface area contributed by atoms with Crippen LogP contribution in [-0.4, -0.2) is 40.9 Å². The number of hydrogen-bond donors (Lipinski definition) is 2. The summed E-state index contributed by atoms with van der Waals surface area (Å²) in [6, 6.07) is 10.1. The van der Waals surface area contributed by atoms with Crippen molar-refractivity contribution in [2.45, 2.75) is 26.2 Å². The minimum atomic E-state index is 0. The predicted molar refractivity (Wildman–Crippen MR) is 127 cm³/mol. The van der Waals surface area contributed by atoms with Crippen LogP contribution in [0.15, 0.2) is 53.9 Å². The van der Waals surface area contributed by atoms with Crippen LogP contribution in [-0.2, 0) is 19.3 Å². The smallest absolute Gasteiger partial charge is 0.191 e. The Bertz CT molecular complexity index is 858. The topological polar surface area (TPSA) is 67.1 Å². The first kappa shape index (κ1) is 22.4. The van der Waals surface area contributed by atoms with Gasteiger partial charge in [0.2, 0.25) is 0 Å². The van der Waals surface area contributed by atoms with Gasteiger partial charge in [-0.2, -0.15) is 5.10 Å². The van der Waals surface area contributed by atoms with E-state index in [1.807, 2.05) is 47.4 Å². The maximum absolute atomic E-state index is 4.45. The molecular weight excluding hydrogens is 483 g/mol. The fourth-order valence-electron chi connectivity index (χ4n) is 2.67. The maximum Gasteiger partial charge on any atom is 0.191 e. The average molecular weight is 510 g/mol. The van der Waals surface area contributed by atoms with Gasteiger partial charge < -0.3 is 10.6 Å². The third-order valence-electron chi connectivity index (χ3n) is 4.17. The number of hydrogen-bond acceptors (Lipinski definition) is 4. The number of rotatable bonds is 8. The molecule has 0 atom stereocenters. The van der Waals surface area contributed by atoms with E-state index in [4.69, 9.17) is 0 Å². The van der Waals surface area contributed by atoms with Crippen LogP contribution in [0.1, 0.15) is 22.4 Å². The lowest BCUT2D eigenvalue weighted by atomic mass is 10.2. The molecule has 0 spiro atoms. The second-order valence-electron chi connectivity index (χ2n) is 6.13. The van der Waals surface area contributed by atoms with Crippen molar-refractivity contribution in [3.05, 3.63) is 64.4 Å². The summed E-state index contributed by atoms with van der Waals surface area (Å²) < 4.78 is 1.90. The number of aryl methyl sites for hydroxylation is 1. The first-order valence-electron chi connectivity index (χ1n) is 9.25. The summed E-state index contributed by atoms with van der Waals surface area (Å²) in [5, 5.41) is 12.3. The van der Waals surface area contributed by atoms with Gasteiger partial charge in [-0.1, -0.05) is 25.1 Å². The van der Waals surface area contributed by atoms with E-state index in [0.717, 1.165) is 44.0 Å². The van der Waals surface area contributed by atoms with Crippen molar-refractivity contribution >= 4 is 41.3 Å². The van der Waals surface area contributed by atoms with E-state index >= 15 is 0 Å². The summed E-state index contributed by atoms with van der Waals surface area (Å²) in [6.07, 6.45) is 8.81. The van der Waals surface area contributed by atoms with Crippen molar-refractivity contribution in [3.63, 3.8) is 0 Å². The fourth-order valence-corrected chi connectivity index (χ4v) is 3.53. The van der Waals surface area contributed by atoms with Gasteiger partial charge in [-0.25, -0.2) is 9.67 Å². The number of thiazole rings is 1. The quantitative estimate of drug-likeness (QED) is 0.277. The Kier molecular flexibility index (Phi) is 9.42. The molecule has 0 aliphatic rings. The molecule has 150 valence electrons. The maximum atomic E-state index is 4.45. The van der Waals surface area contributed by atoms with E-state index in [1.165, 1.54) is 15.4 Å². The van der Waals surface area contributed by atoms with Gasteiger partial charge in [0, 0.05) is 43.8 Å². The van der Waals surface area contributed by atoms with Crippen LogP contribution in [0, 0.1) is 0 Å². The van der Waals surface area contributed by atoms with Crippen LogP contribution in [0.5, 0.6) is 0 Å². The standard InChI is InChI=1S/C20H26N6S.HI/c1-3-18-14-24-19(27-18)10-12-23-20(21-2)22-11-9-16-13-25-26(15-16)17-7-5-4-6-8-17;/h4-8,13-15H,3,9-12H2,1-2H3,(H2,21,22,23);1H. The van der Waals surface area contributed by atoms with Crippen molar-refractivity contribution in [2.75, 3.05) is 20.1 Å². The zero-order valence-corrected chi connectivity index (χ0v) is 19.4. The molecule has 2 heterocycles. The summed E-state index contributed by atoms with van der Waals surface area (Å²) in [6.45, 7) is 3.78. The largest absolute Gasteiger partial charge is 0.356 e. The molecule has 8 heteroatoms. The van der Waals surface area contributed by atoms with Gasteiger partial charge in [0.1, 0.15) is 0 Å². The van der Waals surface area contributed by atoms with Gasteiger partial charge in [-0.3, -0.25) is 4.99 Å². The lowest BCUT2D eigenvalue weighted by Gasteiger charge is -2.10. The van der Waals surface area contributed by atoms with Gasteiger partial charge in [-0.15, -0.1) is 35.3 Å². The third-order valence-corrected chi connectivity index (χ3v) is 5.37. The van der Waals surface area contributed by atoms with E-state index < -0.39 is 0 Å². The number of nitrogens with zero attached hydrogens (tertiary/aromatic N) is 4. The molecule has 6 nitrogen and oxygen atoms in total. The zero-order chi connectivity index (χ0) is 18.9. The Morgan fingerprint density at radius 2 is 1.86 bits per heavy atom. The highest BCUT2D eigenvalue weighted by Crippen LogP contribution is 2.13. The molecule has 0 saturated carbocycles. The monoisotopic (exact) mass is 510 g/mol. The van der Waals surface area contributed by atoms with E-state index in [-0.39, 0.29) is 24.0 Å². The van der Waals surface area contributed by atoms with Crippen molar-refractivity contribution in [2.24, 2.45) is 4.99 Å². The van der Waals surface area contributed by atoms with Gasteiger partial charge in [0.15, 0.2) is 5.96 Å². The predicted octanol–water partition coefficient (Wildman–Crippen LogP) is 3.46. The minimum absolute atomic E-state index is 0. The molecule has 2 aromatic heterocycles. The highest BCUT2D eigenvalue weighted by atomic mass is 127. The molecule has 28 heavy (non-hydrogen) atoms. The molecule has 3 rings (SSSR count). The molecule has 3 aromatic rings. The summed E-state index contributed by atoms with van der Waals surface area (Å²) in [5.41, 5.74) is 2.26. The molecule has 0 radical (unpaired) electrons. The Labute approximate surface area is 187 Å². The van der Waals surface area contributed by atoms with Gasteiger partial charge >= 0.3 is 0 Å². The van der Waals surface area contributed by atoms with Crippen LogP contribution >= 0.6 is 35.3 Å². The number of benzene rings is 1. The van der Waals surface area contributed by atoms with E-state index in [9.17, 15) is 0 Å². The second kappa shape index (κ2) is 11.8. The molecule has 0 aliphatic carbocycles. The Morgan fingerprint density at radius 3 is 2.54 bits per heavy atom. The Hall–Kier alpha value is -1.94. The van der Waals surface area contributed by atoms with Crippen LogP contribution in [0.4, 0.5) is 0 Å². The van der Waals surface area contributed by atoms with Gasteiger partial charge in [0.05, 0.1) is 16.9 Å². The number of halogens is 1. The van der Waals surface area contributed by atoms with Crippen molar-refractivity contribution in [1.29, 1.82) is 0 Å². The number of para-hydroxylation sites is 1. The molecule has 1 aromatic carbocycles. The number of nitrogens with one attached hydrogen (secondary N) is 2. The minimum Gasteiger partial charge on any atom is -0.356 e. The number of aliphatic imine (C=N–C) groups is 1. The summed E-state index contributed by atoms with van der Waals surface area (Å²) in [5.74, 6) is 0.817. The zero-order valence-electron chi connectivity index (χ0n) is 16.3. The Balaban J connectivity index is 0.00000280. The molecule has 0 aliphatic heterocycles. The summed E-state index contributed by atoms with van der Waals surface area (Å²) in [4.78, 5) is 10.1. The molecular formula is C20H27IN6S. The van der Waals surface area contributed by atoms with Crippen molar-refractivity contribution in [1.82, 2.24) is 25.4 Å². The first-order valence-corrected chi connectivity index (χ1v) is 10.1. The van der Waals surface area contributed by atoms with E-state index in [1.54, 1.807) is 18.4 Å². The molecule has 2 N–H and O–H groups in total. The third kappa shape index (κ3) is 6.59. The van der Waals surface area contributed by atoms with Crippen molar-refractivity contribution in [3.8, 4) is 5.69 Å². The van der Waals surface area contributed by atoms with Crippen LogP contribution in [0.3, 0.4) is 0 Å². The second-order valence-corrected chi connectivity index (χ2v) is 7.33. The normalized spacial score (nSPS) is 11.1. The molecule has 0 saturated heterocycles. The van der Waals surface area contributed by atoms with Crippen LogP contribution in [0.2, 0.25) is 0 Å². The summed E-state index contributed by atoms with van der Waals surface area (Å²) in [7, 11) is 1.79. The molecule has 0 amide bonds. The fraction of sp³-hybridized carbons (Fsp3) is 0.350. The van der Waals surface area contributed by atoms with Gasteiger partial charge in [0.25, 0.3) is 0 Å². The van der Waals surface area contributed by atoms with E-state index in [2.05, 4.69) is 38.8 Å². The van der Waals surface area contributed by atoms with Crippen LogP contribution < -0.4 is 10.6 Å².